The van der Waals surface area contributed by atoms with Crippen LogP contribution in [0.2, 0.25) is 10.0 Å². The van der Waals surface area contributed by atoms with Gasteiger partial charge in [-0.05, 0) is 36.0 Å². The summed E-state index contributed by atoms with van der Waals surface area (Å²) in [6.07, 6.45) is 2.00. The highest BCUT2D eigenvalue weighted by molar-refractivity contribution is 8.09. The molecule has 126 valence electrons. The van der Waals surface area contributed by atoms with Crippen LogP contribution in [0.5, 0.6) is 0 Å². The smallest absolute Gasteiger partial charge is 0.243 e. The molecule has 4 rings (SSSR count). The highest BCUT2D eigenvalue weighted by Crippen LogP contribution is 2.44. The number of thiocarbonyl (C=S) groups is 1. The van der Waals surface area contributed by atoms with Gasteiger partial charge in [-0.3, -0.25) is 9.69 Å². The van der Waals surface area contributed by atoms with Gasteiger partial charge in [0.15, 0.2) is 5.11 Å². The van der Waals surface area contributed by atoms with Crippen molar-refractivity contribution in [1.82, 2.24) is 5.32 Å². The summed E-state index contributed by atoms with van der Waals surface area (Å²) in [6, 6.07) is 15.0. The minimum Gasteiger partial charge on any atom is -0.349 e. The van der Waals surface area contributed by atoms with Crippen LogP contribution >= 0.6 is 47.2 Å². The summed E-state index contributed by atoms with van der Waals surface area (Å²) in [5.74, 6) is -0.393. The summed E-state index contributed by atoms with van der Waals surface area (Å²) < 4.78 is 0. The van der Waals surface area contributed by atoms with Gasteiger partial charge in [-0.1, -0.05) is 71.4 Å². The third kappa shape index (κ3) is 3.06. The number of hydrogen-bond donors (Lipinski definition) is 1. The Labute approximate surface area is 165 Å². The van der Waals surface area contributed by atoms with E-state index in [1.807, 2.05) is 36.4 Å². The molecule has 7 heteroatoms. The lowest BCUT2D eigenvalue weighted by atomic mass is 10.0. The molecule has 1 fully saturated rings. The second kappa shape index (κ2) is 6.65. The number of thioether (sulfide) groups is 1. The Morgan fingerprint density at radius 3 is 2.60 bits per heavy atom. The van der Waals surface area contributed by atoms with Crippen LogP contribution in [0.4, 0.5) is 5.69 Å². The van der Waals surface area contributed by atoms with Gasteiger partial charge in [0, 0.05) is 9.93 Å². The van der Waals surface area contributed by atoms with Gasteiger partial charge < -0.3 is 5.32 Å². The molecule has 2 unspecified atom stereocenters. The van der Waals surface area contributed by atoms with Crippen molar-refractivity contribution in [3.05, 3.63) is 70.2 Å². The van der Waals surface area contributed by atoms with Crippen LogP contribution < -0.4 is 10.2 Å². The summed E-state index contributed by atoms with van der Waals surface area (Å²) in [6.45, 7) is 0. The Balaban J connectivity index is 1.68. The largest absolute Gasteiger partial charge is 0.349 e. The SMILES string of the molecule is O=C1C2C=C(c3ccccc3)SC2NC(=S)N1c1ccc(Cl)cc1Cl. The summed E-state index contributed by atoms with van der Waals surface area (Å²) in [7, 11) is 0. The quantitative estimate of drug-likeness (QED) is 0.715. The third-order valence-corrected chi connectivity index (χ3v) is 6.22. The number of nitrogens with one attached hydrogen (secondary N) is 1. The number of rotatable bonds is 2. The van der Waals surface area contributed by atoms with E-state index in [-0.39, 0.29) is 17.2 Å². The highest BCUT2D eigenvalue weighted by atomic mass is 35.5. The van der Waals surface area contributed by atoms with Crippen LogP contribution in [-0.2, 0) is 4.79 Å². The molecule has 0 radical (unpaired) electrons. The molecule has 2 heterocycles. The molecule has 2 atom stereocenters. The van der Waals surface area contributed by atoms with E-state index in [0.717, 1.165) is 10.5 Å². The Morgan fingerprint density at radius 1 is 1.12 bits per heavy atom. The van der Waals surface area contributed by atoms with Gasteiger partial charge in [0.2, 0.25) is 5.91 Å². The van der Waals surface area contributed by atoms with Gasteiger partial charge in [0.25, 0.3) is 0 Å². The van der Waals surface area contributed by atoms with Crippen molar-refractivity contribution in [2.75, 3.05) is 4.90 Å². The molecule has 0 aromatic heterocycles. The lowest BCUT2D eigenvalue weighted by molar-refractivity contribution is -0.120. The molecular formula is C18H12Cl2N2OS2. The number of anilines is 1. The van der Waals surface area contributed by atoms with Crippen molar-refractivity contribution in [3.63, 3.8) is 0 Å². The Bertz CT molecular complexity index is 901. The zero-order valence-corrected chi connectivity index (χ0v) is 15.9. The topological polar surface area (TPSA) is 32.3 Å². The number of carbonyl (C=O) groups is 1. The minimum absolute atomic E-state index is 0.0867. The molecule has 3 nitrogen and oxygen atoms in total. The zero-order chi connectivity index (χ0) is 17.6. The summed E-state index contributed by atoms with van der Waals surface area (Å²) in [5.41, 5.74) is 1.64. The maximum Gasteiger partial charge on any atom is 0.243 e. The van der Waals surface area contributed by atoms with E-state index in [1.165, 1.54) is 4.90 Å². The minimum atomic E-state index is -0.307. The molecule has 0 saturated carbocycles. The standard InChI is InChI=1S/C18H12Cl2N2OS2/c19-11-6-7-14(13(20)8-11)22-17(23)12-9-15(10-4-2-1-3-5-10)25-16(12)21-18(22)24/h1-9,12,16H,(H,21,24). The van der Waals surface area contributed by atoms with Crippen LogP contribution in [0.15, 0.2) is 54.6 Å². The molecule has 0 aliphatic carbocycles. The monoisotopic (exact) mass is 406 g/mol. The number of nitrogens with zero attached hydrogens (tertiary/aromatic N) is 1. The zero-order valence-electron chi connectivity index (χ0n) is 12.8. The Hall–Kier alpha value is -1.53. The lowest BCUT2D eigenvalue weighted by Gasteiger charge is -2.35. The fourth-order valence-corrected chi connectivity index (χ4v) is 5.08. The van der Waals surface area contributed by atoms with Gasteiger partial charge >= 0.3 is 0 Å². The molecule has 0 bridgehead atoms. The Kier molecular flexibility index (Phi) is 4.50. The average molecular weight is 407 g/mol. The number of fused-ring (bicyclic) bond motifs is 1. The van der Waals surface area contributed by atoms with E-state index < -0.39 is 0 Å². The van der Waals surface area contributed by atoms with Crippen molar-refractivity contribution in [1.29, 1.82) is 0 Å². The number of benzene rings is 2. The van der Waals surface area contributed by atoms with Crippen molar-refractivity contribution in [3.8, 4) is 0 Å². The number of hydrogen-bond acceptors (Lipinski definition) is 3. The van der Waals surface area contributed by atoms with E-state index in [1.54, 1.807) is 30.0 Å². The number of carbonyl (C=O) groups excluding carboxylic acids is 1. The predicted molar refractivity (Wildman–Crippen MR) is 109 cm³/mol. The Morgan fingerprint density at radius 2 is 1.88 bits per heavy atom. The molecule has 2 aromatic carbocycles. The second-order valence-corrected chi connectivity index (χ2v) is 8.09. The highest BCUT2D eigenvalue weighted by Gasteiger charge is 2.43. The number of halogens is 2. The first-order valence-corrected chi connectivity index (χ1v) is 9.62. The van der Waals surface area contributed by atoms with Gasteiger partial charge in [0.1, 0.15) is 0 Å². The van der Waals surface area contributed by atoms with Crippen molar-refractivity contribution >= 4 is 68.8 Å². The summed E-state index contributed by atoms with van der Waals surface area (Å²) >= 11 is 19.3. The van der Waals surface area contributed by atoms with Crippen LogP contribution in [0.1, 0.15) is 5.56 Å². The van der Waals surface area contributed by atoms with Crippen LogP contribution in [0, 0.1) is 5.92 Å². The maximum atomic E-state index is 13.1. The molecule has 2 aliphatic heterocycles. The fourth-order valence-electron chi connectivity index (χ4n) is 2.91. The predicted octanol–water partition coefficient (Wildman–Crippen LogP) is 4.94. The van der Waals surface area contributed by atoms with E-state index in [0.29, 0.717) is 20.8 Å². The lowest BCUT2D eigenvalue weighted by Crippen LogP contribution is -2.57. The normalized spacial score (nSPS) is 22.5. The van der Waals surface area contributed by atoms with Gasteiger partial charge in [-0.15, -0.1) is 0 Å². The van der Waals surface area contributed by atoms with Crippen LogP contribution in [-0.4, -0.2) is 16.4 Å². The third-order valence-electron chi connectivity index (χ3n) is 4.09. The van der Waals surface area contributed by atoms with E-state index in [9.17, 15) is 4.79 Å². The maximum absolute atomic E-state index is 13.1. The van der Waals surface area contributed by atoms with Crippen molar-refractivity contribution in [2.45, 2.75) is 5.37 Å². The van der Waals surface area contributed by atoms with Gasteiger partial charge in [-0.25, -0.2) is 0 Å². The van der Waals surface area contributed by atoms with E-state index in [4.69, 9.17) is 35.4 Å². The molecule has 2 aliphatic rings. The molecular weight excluding hydrogens is 395 g/mol. The second-order valence-electron chi connectivity index (χ2n) is 5.68. The first kappa shape index (κ1) is 16.9. The molecule has 1 N–H and O–H groups in total. The van der Waals surface area contributed by atoms with Gasteiger partial charge in [-0.2, -0.15) is 0 Å². The summed E-state index contributed by atoms with van der Waals surface area (Å²) in [5, 5.41) is 4.41. The van der Waals surface area contributed by atoms with Crippen molar-refractivity contribution < 1.29 is 4.79 Å². The molecule has 1 saturated heterocycles. The molecule has 1 amide bonds. The first-order valence-electron chi connectivity index (χ1n) is 7.58. The molecule has 0 spiro atoms. The fraction of sp³-hybridized carbons (Fsp3) is 0.111. The number of amides is 1. The van der Waals surface area contributed by atoms with E-state index in [2.05, 4.69) is 5.32 Å². The van der Waals surface area contributed by atoms with E-state index >= 15 is 0 Å². The average Bonchev–Trinajstić information content (AvgIpc) is 3.02. The first-order chi connectivity index (χ1) is 12.0. The molecule has 2 aromatic rings. The molecule has 25 heavy (non-hydrogen) atoms. The summed E-state index contributed by atoms with van der Waals surface area (Å²) in [4.78, 5) is 15.6. The van der Waals surface area contributed by atoms with Gasteiger partial charge in [0.05, 0.1) is 22.0 Å². The van der Waals surface area contributed by atoms with Crippen molar-refractivity contribution in [2.24, 2.45) is 5.92 Å². The van der Waals surface area contributed by atoms with Crippen LogP contribution in [0.3, 0.4) is 0 Å². The van der Waals surface area contributed by atoms with Crippen LogP contribution in [0.25, 0.3) is 4.91 Å².